The monoisotopic (exact) mass is 184 g/mol. The van der Waals surface area contributed by atoms with E-state index in [1.807, 2.05) is 0 Å². The predicted molar refractivity (Wildman–Crippen MR) is 53.5 cm³/mol. The zero-order valence-corrected chi connectivity index (χ0v) is 8.60. The summed E-state index contributed by atoms with van der Waals surface area (Å²) in [5, 5.41) is 6.35. The lowest BCUT2D eigenvalue weighted by Crippen LogP contribution is -2.42. The summed E-state index contributed by atoms with van der Waals surface area (Å²) >= 11 is 0. The van der Waals surface area contributed by atoms with Crippen molar-refractivity contribution in [1.29, 1.82) is 0 Å². The largest absolute Gasteiger partial charge is 0.353 e. The van der Waals surface area contributed by atoms with Gasteiger partial charge in [0.05, 0.1) is 0 Å². The molecule has 0 spiro atoms. The molecule has 2 N–H and O–H groups in total. The van der Waals surface area contributed by atoms with Crippen LogP contribution >= 0.6 is 0 Å². The molecule has 1 fully saturated rings. The highest BCUT2D eigenvalue weighted by atomic mass is 16.1. The van der Waals surface area contributed by atoms with E-state index in [1.165, 1.54) is 0 Å². The molecule has 76 valence electrons. The topological polar surface area (TPSA) is 41.1 Å². The Morgan fingerprint density at radius 1 is 1.46 bits per heavy atom. The highest BCUT2D eigenvalue weighted by Gasteiger charge is 2.15. The lowest BCUT2D eigenvalue weighted by molar-refractivity contribution is -0.122. The Morgan fingerprint density at radius 3 is 2.62 bits per heavy atom. The lowest BCUT2D eigenvalue weighted by atomic mass is 10.1. The third kappa shape index (κ3) is 4.27. The van der Waals surface area contributed by atoms with Gasteiger partial charge in [-0.2, -0.15) is 0 Å². The first-order chi connectivity index (χ1) is 6.18. The fraction of sp³-hybridized carbons (Fsp3) is 0.900. The van der Waals surface area contributed by atoms with Crippen molar-refractivity contribution >= 4 is 5.91 Å². The molecular formula is C10H20N2O. The van der Waals surface area contributed by atoms with Crippen molar-refractivity contribution < 1.29 is 4.79 Å². The van der Waals surface area contributed by atoms with Crippen molar-refractivity contribution in [2.75, 3.05) is 13.1 Å². The van der Waals surface area contributed by atoms with Crippen LogP contribution in [0.2, 0.25) is 0 Å². The molecule has 3 nitrogen and oxygen atoms in total. The van der Waals surface area contributed by atoms with Crippen LogP contribution in [-0.4, -0.2) is 25.0 Å². The van der Waals surface area contributed by atoms with Gasteiger partial charge in [0.25, 0.3) is 0 Å². The van der Waals surface area contributed by atoms with Crippen molar-refractivity contribution in [3.63, 3.8) is 0 Å². The van der Waals surface area contributed by atoms with Gasteiger partial charge in [0, 0.05) is 12.5 Å². The van der Waals surface area contributed by atoms with E-state index in [4.69, 9.17) is 0 Å². The number of amides is 1. The van der Waals surface area contributed by atoms with Crippen LogP contribution in [0.3, 0.4) is 0 Å². The van der Waals surface area contributed by atoms with E-state index in [9.17, 15) is 4.79 Å². The molecule has 0 aromatic carbocycles. The summed E-state index contributed by atoms with van der Waals surface area (Å²) < 4.78 is 0. The fourth-order valence-electron chi connectivity index (χ4n) is 1.62. The number of carbonyl (C=O) groups is 1. The quantitative estimate of drug-likeness (QED) is 0.684. The molecule has 13 heavy (non-hydrogen) atoms. The van der Waals surface area contributed by atoms with Crippen molar-refractivity contribution in [3.05, 3.63) is 0 Å². The normalized spacial score (nSPS) is 19.0. The van der Waals surface area contributed by atoms with Crippen molar-refractivity contribution in [3.8, 4) is 0 Å². The lowest BCUT2D eigenvalue weighted by Gasteiger charge is -2.23. The Labute approximate surface area is 80.3 Å². The molecule has 1 aliphatic heterocycles. The molecule has 0 bridgehead atoms. The van der Waals surface area contributed by atoms with E-state index in [2.05, 4.69) is 24.5 Å². The predicted octanol–water partition coefficient (Wildman–Crippen LogP) is 0.901. The van der Waals surface area contributed by atoms with E-state index in [1.54, 1.807) is 0 Å². The SMILES string of the molecule is CC(C)CC(=O)NC1CCNCC1. The maximum atomic E-state index is 11.4. The zero-order valence-electron chi connectivity index (χ0n) is 8.60. The van der Waals surface area contributed by atoms with E-state index in [0.29, 0.717) is 18.4 Å². The van der Waals surface area contributed by atoms with Crippen molar-refractivity contribution in [1.82, 2.24) is 10.6 Å². The van der Waals surface area contributed by atoms with Crippen LogP contribution in [0.1, 0.15) is 33.1 Å². The fourth-order valence-corrected chi connectivity index (χ4v) is 1.62. The Balaban J connectivity index is 2.18. The number of hydrogen-bond acceptors (Lipinski definition) is 2. The second-order valence-electron chi connectivity index (χ2n) is 4.19. The van der Waals surface area contributed by atoms with Gasteiger partial charge in [-0.3, -0.25) is 4.79 Å². The average molecular weight is 184 g/mol. The molecule has 0 aromatic rings. The molecule has 1 aliphatic rings. The smallest absolute Gasteiger partial charge is 0.220 e. The van der Waals surface area contributed by atoms with E-state index >= 15 is 0 Å². The maximum absolute atomic E-state index is 11.4. The molecule has 0 aromatic heterocycles. The molecule has 1 rings (SSSR count). The van der Waals surface area contributed by atoms with Gasteiger partial charge in [0.15, 0.2) is 0 Å². The van der Waals surface area contributed by atoms with E-state index < -0.39 is 0 Å². The van der Waals surface area contributed by atoms with Crippen LogP contribution < -0.4 is 10.6 Å². The number of rotatable bonds is 3. The van der Waals surface area contributed by atoms with Crippen LogP contribution in [-0.2, 0) is 4.79 Å². The van der Waals surface area contributed by atoms with Gasteiger partial charge in [0.1, 0.15) is 0 Å². The minimum absolute atomic E-state index is 0.210. The Bertz CT molecular complexity index is 162. The number of carbonyl (C=O) groups excluding carboxylic acids is 1. The maximum Gasteiger partial charge on any atom is 0.220 e. The summed E-state index contributed by atoms with van der Waals surface area (Å²) in [6.45, 7) is 6.21. The van der Waals surface area contributed by atoms with Gasteiger partial charge in [-0.05, 0) is 31.8 Å². The van der Waals surface area contributed by atoms with Crippen molar-refractivity contribution in [2.24, 2.45) is 5.92 Å². The summed E-state index contributed by atoms with van der Waals surface area (Å²) in [7, 11) is 0. The minimum atomic E-state index is 0.210. The van der Waals surface area contributed by atoms with Gasteiger partial charge in [0.2, 0.25) is 5.91 Å². The van der Waals surface area contributed by atoms with Gasteiger partial charge in [-0.1, -0.05) is 13.8 Å². The number of hydrogen-bond donors (Lipinski definition) is 2. The number of nitrogens with one attached hydrogen (secondary N) is 2. The summed E-state index contributed by atoms with van der Waals surface area (Å²) in [6, 6.07) is 0.410. The summed E-state index contributed by atoms with van der Waals surface area (Å²) in [5.74, 6) is 0.670. The van der Waals surface area contributed by atoms with Crippen LogP contribution in [0.15, 0.2) is 0 Å². The molecule has 0 saturated carbocycles. The molecule has 0 unspecified atom stereocenters. The Morgan fingerprint density at radius 2 is 2.08 bits per heavy atom. The number of piperidine rings is 1. The van der Waals surface area contributed by atoms with Gasteiger partial charge >= 0.3 is 0 Å². The minimum Gasteiger partial charge on any atom is -0.353 e. The van der Waals surface area contributed by atoms with Gasteiger partial charge in [-0.15, -0.1) is 0 Å². The first kappa shape index (κ1) is 10.5. The second kappa shape index (κ2) is 5.22. The molecule has 1 amide bonds. The van der Waals surface area contributed by atoms with E-state index in [0.717, 1.165) is 25.9 Å². The van der Waals surface area contributed by atoms with Gasteiger partial charge in [-0.25, -0.2) is 0 Å². The average Bonchev–Trinajstić information content (AvgIpc) is 2.04. The van der Waals surface area contributed by atoms with Crippen LogP contribution in [0.4, 0.5) is 0 Å². The van der Waals surface area contributed by atoms with E-state index in [-0.39, 0.29) is 5.91 Å². The summed E-state index contributed by atoms with van der Waals surface area (Å²) in [4.78, 5) is 11.4. The third-order valence-electron chi connectivity index (χ3n) is 2.30. The molecule has 1 heterocycles. The second-order valence-corrected chi connectivity index (χ2v) is 4.19. The highest BCUT2D eigenvalue weighted by molar-refractivity contribution is 5.76. The van der Waals surface area contributed by atoms with Crippen LogP contribution in [0.5, 0.6) is 0 Å². The summed E-state index contributed by atoms with van der Waals surface area (Å²) in [6.07, 6.45) is 2.80. The molecule has 0 aliphatic carbocycles. The highest BCUT2D eigenvalue weighted by Crippen LogP contribution is 2.04. The molecule has 3 heteroatoms. The molecule has 1 saturated heterocycles. The van der Waals surface area contributed by atoms with Crippen LogP contribution in [0, 0.1) is 5.92 Å². The molecule has 0 atom stereocenters. The first-order valence-corrected chi connectivity index (χ1v) is 5.18. The van der Waals surface area contributed by atoms with Crippen molar-refractivity contribution in [2.45, 2.75) is 39.2 Å². The molecular weight excluding hydrogens is 164 g/mol. The standard InChI is InChI=1S/C10H20N2O/c1-8(2)7-10(13)12-9-3-5-11-6-4-9/h8-9,11H,3-7H2,1-2H3,(H,12,13). The molecule has 0 radical (unpaired) electrons. The summed E-state index contributed by atoms with van der Waals surface area (Å²) in [5.41, 5.74) is 0. The Hall–Kier alpha value is -0.570. The Kier molecular flexibility index (Phi) is 4.22. The zero-order chi connectivity index (χ0) is 9.68. The third-order valence-corrected chi connectivity index (χ3v) is 2.30. The first-order valence-electron chi connectivity index (χ1n) is 5.18. The van der Waals surface area contributed by atoms with Gasteiger partial charge < -0.3 is 10.6 Å². The van der Waals surface area contributed by atoms with Crippen LogP contribution in [0.25, 0.3) is 0 Å².